The Morgan fingerprint density at radius 3 is 1.81 bits per heavy atom. The van der Waals surface area contributed by atoms with Crippen LogP contribution in [0.15, 0.2) is 0 Å². The summed E-state index contributed by atoms with van der Waals surface area (Å²) in [5, 5.41) is 43.1. The summed E-state index contributed by atoms with van der Waals surface area (Å²) in [6.07, 6.45) is -2.69. The first-order chi connectivity index (χ1) is 16.2. The van der Waals surface area contributed by atoms with Gasteiger partial charge in [0.15, 0.2) is 11.6 Å². The zero-order valence-electron chi connectivity index (χ0n) is 23.9. The van der Waals surface area contributed by atoms with Gasteiger partial charge in [-0.15, -0.1) is 0 Å². The molecule has 0 unspecified atom stereocenters. The van der Waals surface area contributed by atoms with Crippen LogP contribution in [0.3, 0.4) is 0 Å². The highest BCUT2D eigenvalue weighted by Gasteiger charge is 2.55. The molecule has 2 fully saturated rings. The van der Waals surface area contributed by atoms with Crippen LogP contribution in [0.5, 0.6) is 0 Å². The van der Waals surface area contributed by atoms with E-state index in [0.29, 0.717) is 12.8 Å². The lowest BCUT2D eigenvalue weighted by atomic mass is 9.72. The molecular weight excluding hydrogens is 468 g/mol. The van der Waals surface area contributed by atoms with Crippen molar-refractivity contribution < 1.29 is 44.2 Å². The molecule has 2 aliphatic rings. The van der Waals surface area contributed by atoms with Crippen molar-refractivity contribution in [2.45, 2.75) is 142 Å². The molecule has 0 aromatic heterocycles. The standard InChI is InChI=1S/C27H50O9/c1-12-18(28)27(11,32)22-15(3)19(33-24(6,7)36-22)14(2)13-26(10,31)21-16(4)20(17(5)23(29)30)34-25(8,9)35-21/h14-22,28,31-32H,12-13H2,1-11H3,(H,29,30)/t14-,15+,16+,17-,18-,19+,20+,21-,22-,26-,27-/m1/s1. The lowest BCUT2D eigenvalue weighted by Crippen LogP contribution is -2.64. The van der Waals surface area contributed by atoms with Crippen LogP contribution in [-0.4, -0.2) is 79.7 Å². The minimum Gasteiger partial charge on any atom is -0.481 e. The number of ether oxygens (including phenoxy) is 4. The quantitative estimate of drug-likeness (QED) is 0.362. The molecule has 2 rings (SSSR count). The van der Waals surface area contributed by atoms with E-state index in [1.165, 1.54) is 0 Å². The summed E-state index contributed by atoms with van der Waals surface area (Å²) >= 11 is 0. The van der Waals surface area contributed by atoms with Crippen molar-refractivity contribution in [3.8, 4) is 0 Å². The second-order valence-corrected chi connectivity index (χ2v) is 12.6. The second-order valence-electron chi connectivity index (χ2n) is 12.6. The van der Waals surface area contributed by atoms with Crippen molar-refractivity contribution in [3.05, 3.63) is 0 Å². The summed E-state index contributed by atoms with van der Waals surface area (Å²) in [5.74, 6) is -4.67. The minimum absolute atomic E-state index is 0.188. The van der Waals surface area contributed by atoms with Crippen molar-refractivity contribution in [1.82, 2.24) is 0 Å². The minimum atomic E-state index is -1.49. The fourth-order valence-electron chi connectivity index (χ4n) is 6.26. The van der Waals surface area contributed by atoms with Crippen LogP contribution < -0.4 is 0 Å². The van der Waals surface area contributed by atoms with Gasteiger partial charge in [-0.25, -0.2) is 0 Å². The first kappa shape index (κ1) is 31.4. The van der Waals surface area contributed by atoms with E-state index < -0.39 is 65.2 Å². The van der Waals surface area contributed by atoms with Crippen molar-refractivity contribution in [1.29, 1.82) is 0 Å². The van der Waals surface area contributed by atoms with Crippen LogP contribution in [0.1, 0.15) is 89.0 Å². The maximum absolute atomic E-state index is 11.7. The Labute approximate surface area is 216 Å². The predicted molar refractivity (Wildman–Crippen MR) is 134 cm³/mol. The molecule has 0 saturated carbocycles. The maximum Gasteiger partial charge on any atom is 0.308 e. The Hall–Kier alpha value is -0.810. The van der Waals surface area contributed by atoms with Gasteiger partial charge in [-0.05, 0) is 67.2 Å². The van der Waals surface area contributed by atoms with Gasteiger partial charge < -0.3 is 39.4 Å². The highest BCUT2D eigenvalue weighted by Crippen LogP contribution is 2.45. The van der Waals surface area contributed by atoms with E-state index in [1.54, 1.807) is 55.4 Å². The highest BCUT2D eigenvalue weighted by molar-refractivity contribution is 5.70. The van der Waals surface area contributed by atoms with Gasteiger partial charge in [0, 0.05) is 11.8 Å². The number of rotatable bonds is 9. The van der Waals surface area contributed by atoms with Gasteiger partial charge >= 0.3 is 5.97 Å². The smallest absolute Gasteiger partial charge is 0.308 e. The van der Waals surface area contributed by atoms with Crippen LogP contribution in [-0.2, 0) is 23.7 Å². The Balaban J connectivity index is 2.31. The van der Waals surface area contributed by atoms with E-state index in [4.69, 9.17) is 18.9 Å². The topological polar surface area (TPSA) is 135 Å². The number of carbonyl (C=O) groups is 1. The second kappa shape index (κ2) is 10.8. The molecule has 0 spiro atoms. The Bertz CT molecular complexity index is 762. The fourth-order valence-corrected chi connectivity index (χ4v) is 6.26. The van der Waals surface area contributed by atoms with E-state index in [-0.39, 0.29) is 17.8 Å². The molecule has 0 aliphatic carbocycles. The number of carboxylic acid groups (broad SMARTS) is 1. The van der Waals surface area contributed by atoms with Gasteiger partial charge in [0.25, 0.3) is 0 Å². The third kappa shape index (κ3) is 6.60. The number of aliphatic hydroxyl groups is 3. The number of aliphatic carboxylic acids is 1. The molecule has 9 heteroatoms. The van der Waals surface area contributed by atoms with Crippen molar-refractivity contribution in [2.24, 2.45) is 23.7 Å². The van der Waals surface area contributed by atoms with Crippen molar-refractivity contribution in [2.75, 3.05) is 0 Å². The van der Waals surface area contributed by atoms with Crippen LogP contribution in [0.2, 0.25) is 0 Å². The summed E-state index contributed by atoms with van der Waals surface area (Å²) in [6, 6.07) is 0. The Morgan fingerprint density at radius 2 is 1.33 bits per heavy atom. The Morgan fingerprint density at radius 1 is 0.889 bits per heavy atom. The number of carboxylic acids is 1. The SMILES string of the molecule is CC[C@@H](O)[C@@](C)(O)[C@@H]1OC(C)(C)O[C@@H]([C@H](C)C[C@@](C)(O)[C@@H]2OC(C)(C)O[C@H]([C@@H](C)C(=O)O)[C@@H]2C)[C@@H]1C. The lowest BCUT2D eigenvalue weighted by molar-refractivity contribution is -0.364. The molecule has 4 N–H and O–H groups in total. The molecule has 9 nitrogen and oxygen atoms in total. The molecule has 0 aromatic rings. The molecule has 0 radical (unpaired) electrons. The Kier molecular flexibility index (Phi) is 9.38. The van der Waals surface area contributed by atoms with E-state index in [1.807, 2.05) is 20.8 Å². The van der Waals surface area contributed by atoms with Crippen LogP contribution in [0.4, 0.5) is 0 Å². The fraction of sp³-hybridized carbons (Fsp3) is 0.963. The first-order valence-corrected chi connectivity index (χ1v) is 13.2. The molecular formula is C27H50O9. The molecule has 2 heterocycles. The predicted octanol–water partition coefficient (Wildman–Crippen LogP) is 3.32. The summed E-state index contributed by atoms with van der Waals surface area (Å²) in [6.45, 7) is 19.5. The third-order valence-corrected chi connectivity index (χ3v) is 8.08. The molecule has 0 bridgehead atoms. The van der Waals surface area contributed by atoms with E-state index in [9.17, 15) is 25.2 Å². The van der Waals surface area contributed by atoms with Gasteiger partial charge in [-0.3, -0.25) is 4.79 Å². The van der Waals surface area contributed by atoms with Gasteiger partial charge in [0.2, 0.25) is 0 Å². The normalized spacial score (nSPS) is 38.3. The van der Waals surface area contributed by atoms with Gasteiger partial charge in [0.05, 0.1) is 42.0 Å². The average molecular weight is 519 g/mol. The molecule has 212 valence electrons. The molecule has 0 amide bonds. The largest absolute Gasteiger partial charge is 0.481 e. The summed E-state index contributed by atoms with van der Waals surface area (Å²) in [7, 11) is 0. The monoisotopic (exact) mass is 518 g/mol. The number of aliphatic hydroxyl groups excluding tert-OH is 1. The maximum atomic E-state index is 11.7. The van der Waals surface area contributed by atoms with Gasteiger partial charge in [0.1, 0.15) is 5.60 Å². The van der Waals surface area contributed by atoms with Crippen LogP contribution in [0.25, 0.3) is 0 Å². The van der Waals surface area contributed by atoms with Crippen LogP contribution >= 0.6 is 0 Å². The van der Waals surface area contributed by atoms with Gasteiger partial charge in [-0.1, -0.05) is 27.7 Å². The number of hydrogen-bond acceptors (Lipinski definition) is 8. The van der Waals surface area contributed by atoms with Crippen molar-refractivity contribution in [3.63, 3.8) is 0 Å². The molecule has 0 aromatic carbocycles. The summed E-state index contributed by atoms with van der Waals surface area (Å²) in [5.41, 5.74) is -2.82. The van der Waals surface area contributed by atoms with Crippen molar-refractivity contribution >= 4 is 5.97 Å². The summed E-state index contributed by atoms with van der Waals surface area (Å²) in [4.78, 5) is 11.7. The van der Waals surface area contributed by atoms with E-state index in [2.05, 4.69) is 0 Å². The average Bonchev–Trinajstić information content (AvgIpc) is 2.74. The third-order valence-electron chi connectivity index (χ3n) is 8.08. The first-order valence-electron chi connectivity index (χ1n) is 13.2. The molecule has 36 heavy (non-hydrogen) atoms. The zero-order chi connectivity index (χ0) is 28.0. The summed E-state index contributed by atoms with van der Waals surface area (Å²) < 4.78 is 24.6. The number of hydrogen-bond donors (Lipinski definition) is 4. The highest BCUT2D eigenvalue weighted by atomic mass is 16.7. The molecule has 2 aliphatic heterocycles. The van der Waals surface area contributed by atoms with E-state index >= 15 is 0 Å². The molecule has 2 saturated heterocycles. The zero-order valence-corrected chi connectivity index (χ0v) is 23.9. The van der Waals surface area contributed by atoms with Crippen LogP contribution in [0, 0.1) is 23.7 Å². The van der Waals surface area contributed by atoms with E-state index in [0.717, 1.165) is 0 Å². The van der Waals surface area contributed by atoms with Gasteiger partial charge in [-0.2, -0.15) is 0 Å². The lowest BCUT2D eigenvalue weighted by Gasteiger charge is -2.53. The molecule has 11 atom stereocenters.